The van der Waals surface area contributed by atoms with Crippen LogP contribution in [0.3, 0.4) is 0 Å². The molecule has 2 N–H and O–H groups in total. The molecule has 3 heteroatoms. The summed E-state index contributed by atoms with van der Waals surface area (Å²) in [5, 5.41) is 6.54. The molecule has 0 fully saturated rings. The van der Waals surface area contributed by atoms with E-state index in [0.717, 1.165) is 22.1 Å². The first-order valence-electron chi connectivity index (χ1n) is 6.56. The minimum atomic E-state index is -0.0999. The van der Waals surface area contributed by atoms with Crippen LogP contribution < -0.4 is 10.5 Å². The lowest BCUT2D eigenvalue weighted by atomic mass is 9.94. The van der Waals surface area contributed by atoms with Crippen LogP contribution in [0.2, 0.25) is 0 Å². The summed E-state index contributed by atoms with van der Waals surface area (Å²) >= 11 is 1.70. The van der Waals surface area contributed by atoms with Crippen molar-refractivity contribution in [2.24, 2.45) is 5.73 Å². The summed E-state index contributed by atoms with van der Waals surface area (Å²) in [6.45, 7) is 2.11. The second kappa shape index (κ2) is 5.27. The Bertz CT molecular complexity index is 748. The SMILES string of the molecule is COc1ccc(C(N)c2cscc2C)c2ccccc12. The zero-order chi connectivity index (χ0) is 14.1. The monoisotopic (exact) mass is 283 g/mol. The van der Waals surface area contributed by atoms with E-state index in [-0.39, 0.29) is 6.04 Å². The minimum absolute atomic E-state index is 0.0999. The van der Waals surface area contributed by atoms with Gasteiger partial charge in [0.2, 0.25) is 0 Å². The number of hydrogen-bond acceptors (Lipinski definition) is 3. The molecule has 0 radical (unpaired) electrons. The summed E-state index contributed by atoms with van der Waals surface area (Å²) in [5.74, 6) is 0.888. The van der Waals surface area contributed by atoms with Crippen molar-refractivity contribution < 1.29 is 4.74 Å². The van der Waals surface area contributed by atoms with Crippen LogP contribution in [0.15, 0.2) is 47.2 Å². The van der Waals surface area contributed by atoms with Gasteiger partial charge in [0.05, 0.1) is 13.2 Å². The molecule has 0 spiro atoms. The Morgan fingerprint density at radius 1 is 1.00 bits per heavy atom. The Morgan fingerprint density at radius 2 is 1.75 bits per heavy atom. The van der Waals surface area contributed by atoms with Crippen LogP contribution in [0.5, 0.6) is 5.75 Å². The van der Waals surface area contributed by atoms with Crippen molar-refractivity contribution in [1.29, 1.82) is 0 Å². The topological polar surface area (TPSA) is 35.2 Å². The molecule has 3 rings (SSSR count). The first-order valence-corrected chi connectivity index (χ1v) is 7.50. The van der Waals surface area contributed by atoms with Crippen molar-refractivity contribution in [2.75, 3.05) is 7.11 Å². The van der Waals surface area contributed by atoms with Crippen molar-refractivity contribution in [1.82, 2.24) is 0 Å². The molecule has 0 saturated heterocycles. The van der Waals surface area contributed by atoms with Crippen LogP contribution in [0, 0.1) is 6.92 Å². The number of rotatable bonds is 3. The Kier molecular flexibility index (Phi) is 3.47. The number of hydrogen-bond donors (Lipinski definition) is 1. The normalized spacial score (nSPS) is 12.6. The van der Waals surface area contributed by atoms with Gasteiger partial charge in [-0.1, -0.05) is 30.3 Å². The number of methoxy groups -OCH3 is 1. The average molecular weight is 283 g/mol. The van der Waals surface area contributed by atoms with Crippen molar-refractivity contribution >= 4 is 22.1 Å². The van der Waals surface area contributed by atoms with Gasteiger partial charge in [0.1, 0.15) is 5.75 Å². The Balaban J connectivity index is 2.20. The summed E-state index contributed by atoms with van der Waals surface area (Å²) in [6.07, 6.45) is 0. The van der Waals surface area contributed by atoms with Crippen molar-refractivity contribution in [3.05, 3.63) is 63.8 Å². The Hall–Kier alpha value is -1.84. The molecule has 0 amide bonds. The van der Waals surface area contributed by atoms with Gasteiger partial charge in [0, 0.05) is 5.39 Å². The van der Waals surface area contributed by atoms with E-state index >= 15 is 0 Å². The number of benzene rings is 2. The van der Waals surface area contributed by atoms with Crippen molar-refractivity contribution in [2.45, 2.75) is 13.0 Å². The van der Waals surface area contributed by atoms with Gasteiger partial charge in [0.15, 0.2) is 0 Å². The van der Waals surface area contributed by atoms with Gasteiger partial charge < -0.3 is 10.5 Å². The maximum Gasteiger partial charge on any atom is 0.126 e. The number of ether oxygens (including phenoxy) is 1. The highest BCUT2D eigenvalue weighted by atomic mass is 32.1. The number of thiophene rings is 1. The maximum atomic E-state index is 6.49. The molecule has 0 saturated carbocycles. The molecule has 1 heterocycles. The lowest BCUT2D eigenvalue weighted by Gasteiger charge is -2.16. The molecule has 3 aromatic rings. The summed E-state index contributed by atoms with van der Waals surface area (Å²) in [7, 11) is 1.70. The quantitative estimate of drug-likeness (QED) is 0.779. The van der Waals surface area contributed by atoms with Crippen LogP contribution in [0.1, 0.15) is 22.7 Å². The molecule has 20 heavy (non-hydrogen) atoms. The van der Waals surface area contributed by atoms with E-state index in [0.29, 0.717) is 0 Å². The van der Waals surface area contributed by atoms with E-state index in [4.69, 9.17) is 10.5 Å². The average Bonchev–Trinajstić information content (AvgIpc) is 2.91. The summed E-state index contributed by atoms with van der Waals surface area (Å²) < 4.78 is 5.44. The zero-order valence-electron chi connectivity index (χ0n) is 11.6. The molecule has 0 aliphatic rings. The number of aryl methyl sites for hydroxylation is 1. The van der Waals surface area contributed by atoms with Gasteiger partial charge in [0.25, 0.3) is 0 Å². The standard InChI is InChI=1S/C17H17NOS/c1-11-9-20-10-15(11)17(18)14-7-8-16(19-2)13-6-4-3-5-12(13)14/h3-10,17H,18H2,1-2H3. The lowest BCUT2D eigenvalue weighted by Crippen LogP contribution is -2.12. The highest BCUT2D eigenvalue weighted by Crippen LogP contribution is 2.34. The van der Waals surface area contributed by atoms with Crippen LogP contribution in [-0.2, 0) is 0 Å². The van der Waals surface area contributed by atoms with E-state index in [9.17, 15) is 0 Å². The number of fused-ring (bicyclic) bond motifs is 1. The van der Waals surface area contributed by atoms with Crippen molar-refractivity contribution in [3.63, 3.8) is 0 Å². The van der Waals surface area contributed by atoms with E-state index in [1.54, 1.807) is 18.4 Å². The van der Waals surface area contributed by atoms with Gasteiger partial charge in [-0.3, -0.25) is 0 Å². The summed E-state index contributed by atoms with van der Waals surface area (Å²) in [4.78, 5) is 0. The van der Waals surface area contributed by atoms with Gasteiger partial charge >= 0.3 is 0 Å². The minimum Gasteiger partial charge on any atom is -0.496 e. The molecule has 102 valence electrons. The predicted molar refractivity (Wildman–Crippen MR) is 85.6 cm³/mol. The fraction of sp³-hybridized carbons (Fsp3) is 0.176. The van der Waals surface area contributed by atoms with Gasteiger partial charge in [-0.05, 0) is 45.8 Å². The van der Waals surface area contributed by atoms with Crippen LogP contribution in [0.25, 0.3) is 10.8 Å². The molecule has 1 aromatic heterocycles. The van der Waals surface area contributed by atoms with E-state index in [2.05, 4.69) is 35.9 Å². The smallest absolute Gasteiger partial charge is 0.126 e. The molecule has 0 bridgehead atoms. The fourth-order valence-corrected chi connectivity index (χ4v) is 3.49. The third kappa shape index (κ3) is 2.09. The van der Waals surface area contributed by atoms with Gasteiger partial charge in [-0.25, -0.2) is 0 Å². The zero-order valence-corrected chi connectivity index (χ0v) is 12.4. The molecule has 0 aliphatic carbocycles. The number of nitrogens with two attached hydrogens (primary N) is 1. The molecular weight excluding hydrogens is 266 g/mol. The highest BCUT2D eigenvalue weighted by Gasteiger charge is 2.16. The largest absolute Gasteiger partial charge is 0.496 e. The van der Waals surface area contributed by atoms with Crippen LogP contribution in [-0.4, -0.2) is 7.11 Å². The third-order valence-electron chi connectivity index (χ3n) is 3.70. The van der Waals surface area contributed by atoms with E-state index in [1.807, 2.05) is 18.2 Å². The first kappa shape index (κ1) is 13.2. The van der Waals surface area contributed by atoms with E-state index < -0.39 is 0 Å². The van der Waals surface area contributed by atoms with Crippen LogP contribution in [0.4, 0.5) is 0 Å². The highest BCUT2D eigenvalue weighted by molar-refractivity contribution is 7.08. The second-order valence-electron chi connectivity index (χ2n) is 4.89. The van der Waals surface area contributed by atoms with Gasteiger partial charge in [-0.15, -0.1) is 0 Å². The van der Waals surface area contributed by atoms with Gasteiger partial charge in [-0.2, -0.15) is 11.3 Å². The predicted octanol–water partition coefficient (Wildman–Crippen LogP) is 4.27. The third-order valence-corrected chi connectivity index (χ3v) is 4.58. The Labute approximate surface area is 122 Å². The fourth-order valence-electron chi connectivity index (χ4n) is 2.60. The second-order valence-corrected chi connectivity index (χ2v) is 5.63. The van der Waals surface area contributed by atoms with E-state index in [1.165, 1.54) is 11.1 Å². The summed E-state index contributed by atoms with van der Waals surface area (Å²) in [5.41, 5.74) is 10.1. The molecule has 2 nitrogen and oxygen atoms in total. The maximum absolute atomic E-state index is 6.49. The van der Waals surface area contributed by atoms with Crippen molar-refractivity contribution in [3.8, 4) is 5.75 Å². The molecule has 2 aromatic carbocycles. The van der Waals surface area contributed by atoms with Crippen LogP contribution >= 0.6 is 11.3 Å². The Morgan fingerprint density at radius 3 is 2.40 bits per heavy atom. The molecule has 0 aliphatic heterocycles. The molecular formula is C17H17NOS. The summed E-state index contributed by atoms with van der Waals surface area (Å²) in [6, 6.07) is 12.2. The molecule has 1 unspecified atom stereocenters. The lowest BCUT2D eigenvalue weighted by molar-refractivity contribution is 0.419. The molecule has 1 atom stereocenters. The first-order chi connectivity index (χ1) is 9.72.